The van der Waals surface area contributed by atoms with E-state index >= 15 is 0 Å². The van der Waals surface area contributed by atoms with Gasteiger partial charge in [0, 0.05) is 6.42 Å². The van der Waals surface area contributed by atoms with E-state index in [0.29, 0.717) is 0 Å². The number of carboxylic acid groups (broad SMARTS) is 2. The van der Waals surface area contributed by atoms with E-state index in [0.717, 1.165) is 0 Å². The lowest BCUT2D eigenvalue weighted by Crippen LogP contribution is -2.26. The summed E-state index contributed by atoms with van der Waals surface area (Å²) in [6.45, 7) is 0. The van der Waals surface area contributed by atoms with Gasteiger partial charge in [0.15, 0.2) is 12.2 Å². The lowest BCUT2D eigenvalue weighted by Gasteiger charge is -2.05. The van der Waals surface area contributed by atoms with Crippen molar-refractivity contribution in [3.05, 3.63) is 0 Å². The highest BCUT2D eigenvalue weighted by Gasteiger charge is 2.24. The number of aliphatic hydroxyl groups is 2. The van der Waals surface area contributed by atoms with E-state index in [1.54, 1.807) is 0 Å². The molecule has 2 atom stereocenters. The van der Waals surface area contributed by atoms with Crippen molar-refractivity contribution < 1.29 is 73.5 Å². The maximum atomic E-state index is 11.3. The van der Waals surface area contributed by atoms with Crippen molar-refractivity contribution in [3.63, 3.8) is 0 Å². The minimum atomic E-state index is -2.11. The molecule has 0 bridgehead atoms. The van der Waals surface area contributed by atoms with Crippen LogP contribution in [0.3, 0.4) is 0 Å². The molecule has 15 heteroatoms. The van der Waals surface area contributed by atoms with Gasteiger partial charge in [-0.1, -0.05) is 0 Å². The molecule has 15 nitrogen and oxygen atoms in total. The van der Waals surface area contributed by atoms with E-state index in [-0.39, 0.29) is 0 Å². The van der Waals surface area contributed by atoms with Crippen molar-refractivity contribution in [2.75, 3.05) is 0 Å². The molecule has 0 rings (SSSR count). The molecule has 0 aliphatic rings. The summed E-state index contributed by atoms with van der Waals surface area (Å²) in [6.07, 6.45) is -7.91. The molecular formula is C13H14O15. The minimum Gasteiger partial charge on any atom is -0.479 e. The Morgan fingerprint density at radius 1 is 0.607 bits per heavy atom. The Balaban J connectivity index is 4.12. The van der Waals surface area contributed by atoms with E-state index in [1.807, 2.05) is 0 Å². The average molecular weight is 410 g/mol. The molecule has 0 spiro atoms. The zero-order valence-corrected chi connectivity index (χ0v) is 13.8. The van der Waals surface area contributed by atoms with Crippen LogP contribution in [0.1, 0.15) is 25.7 Å². The first-order chi connectivity index (χ1) is 12.9. The van der Waals surface area contributed by atoms with E-state index < -0.39 is 79.5 Å². The van der Waals surface area contributed by atoms with Crippen LogP contribution in [-0.2, 0) is 53.1 Å². The third kappa shape index (κ3) is 10.4. The first kappa shape index (κ1) is 24.4. The summed E-state index contributed by atoms with van der Waals surface area (Å²) in [4.78, 5) is 91.6. The van der Waals surface area contributed by atoms with Crippen LogP contribution in [0.15, 0.2) is 0 Å². The standard InChI is InChI=1S/C13H14O15/c14-5(13(24)28-27-10(19)4-7(16)12(22)23)1-2-8(17)25-26-9(18)3-6(15)11(20)21/h6-7,15-16H,1-4H2,(H,20,21)(H,22,23). The van der Waals surface area contributed by atoms with E-state index in [2.05, 4.69) is 19.6 Å². The Labute approximate surface area is 154 Å². The Morgan fingerprint density at radius 3 is 1.43 bits per heavy atom. The Kier molecular flexibility index (Phi) is 10.4. The Hall–Kier alpha value is -3.59. The molecule has 0 aromatic rings. The number of Topliss-reactive ketones (excluding diaryl/α,β-unsaturated/α-hetero) is 1. The summed E-state index contributed by atoms with van der Waals surface area (Å²) in [5.41, 5.74) is 0. The van der Waals surface area contributed by atoms with Crippen molar-refractivity contribution >= 4 is 41.6 Å². The fourth-order valence-corrected chi connectivity index (χ4v) is 1.14. The predicted molar refractivity (Wildman–Crippen MR) is 75.1 cm³/mol. The van der Waals surface area contributed by atoms with Gasteiger partial charge in [-0.05, 0) is 0 Å². The van der Waals surface area contributed by atoms with Gasteiger partial charge in [-0.3, -0.25) is 4.79 Å². The lowest BCUT2D eigenvalue weighted by molar-refractivity contribution is -0.260. The van der Waals surface area contributed by atoms with E-state index in [1.165, 1.54) is 0 Å². The number of aliphatic carboxylic acids is 2. The van der Waals surface area contributed by atoms with Gasteiger partial charge in [-0.15, -0.1) is 0 Å². The molecule has 0 aliphatic heterocycles. The van der Waals surface area contributed by atoms with Crippen LogP contribution in [0.5, 0.6) is 0 Å². The topological polar surface area (TPSA) is 237 Å². The number of carbonyl (C=O) groups excluding carboxylic acids is 5. The SMILES string of the molecule is O=C(CCC(=O)C(=O)OOC(=O)CC(O)C(=O)O)OOC(=O)CC(O)C(=O)O. The van der Waals surface area contributed by atoms with Crippen LogP contribution in [0.25, 0.3) is 0 Å². The summed E-state index contributed by atoms with van der Waals surface area (Å²) in [5.74, 6) is -10.7. The van der Waals surface area contributed by atoms with Crippen LogP contribution >= 0.6 is 0 Å². The van der Waals surface area contributed by atoms with E-state index in [4.69, 9.17) is 20.4 Å². The highest BCUT2D eigenvalue weighted by atomic mass is 17.2. The maximum Gasteiger partial charge on any atom is 0.421 e. The van der Waals surface area contributed by atoms with Crippen LogP contribution in [0, 0.1) is 0 Å². The molecule has 0 aromatic heterocycles. The number of carboxylic acids is 2. The van der Waals surface area contributed by atoms with Gasteiger partial charge in [0.05, 0.1) is 19.3 Å². The number of rotatable bonds is 10. The van der Waals surface area contributed by atoms with Crippen molar-refractivity contribution in [2.45, 2.75) is 37.9 Å². The summed E-state index contributed by atoms with van der Waals surface area (Å²) < 4.78 is 0. The predicted octanol–water partition coefficient (Wildman–Crippen LogP) is -2.99. The average Bonchev–Trinajstić information content (AvgIpc) is 2.61. The normalized spacial score (nSPS) is 12.1. The van der Waals surface area contributed by atoms with Crippen LogP contribution in [0.2, 0.25) is 0 Å². The third-order valence-corrected chi connectivity index (χ3v) is 2.51. The molecule has 0 heterocycles. The molecule has 2 unspecified atom stereocenters. The van der Waals surface area contributed by atoms with Gasteiger partial charge < -0.3 is 20.4 Å². The Morgan fingerprint density at radius 2 is 1.00 bits per heavy atom. The van der Waals surface area contributed by atoms with Crippen LogP contribution in [-0.4, -0.2) is 74.2 Å². The highest BCUT2D eigenvalue weighted by Crippen LogP contribution is 2.01. The number of aliphatic hydroxyl groups excluding tert-OH is 2. The van der Waals surface area contributed by atoms with Gasteiger partial charge in [0.25, 0.3) is 0 Å². The monoisotopic (exact) mass is 410 g/mol. The molecule has 0 saturated heterocycles. The maximum absolute atomic E-state index is 11.3. The molecule has 0 radical (unpaired) electrons. The van der Waals surface area contributed by atoms with Gasteiger partial charge in [-0.25, -0.2) is 48.3 Å². The first-order valence-electron chi connectivity index (χ1n) is 7.10. The van der Waals surface area contributed by atoms with Crippen molar-refractivity contribution in [1.29, 1.82) is 0 Å². The van der Waals surface area contributed by atoms with Crippen molar-refractivity contribution in [3.8, 4) is 0 Å². The molecule has 4 N–H and O–H groups in total. The Bertz CT molecular complexity index is 650. The molecule has 0 aromatic carbocycles. The van der Waals surface area contributed by atoms with Gasteiger partial charge in [0.1, 0.15) is 0 Å². The second-order valence-corrected chi connectivity index (χ2v) is 4.78. The number of ketones is 1. The fourth-order valence-electron chi connectivity index (χ4n) is 1.14. The quantitative estimate of drug-likeness (QED) is 0.159. The summed E-state index contributed by atoms with van der Waals surface area (Å²) in [7, 11) is 0. The second-order valence-electron chi connectivity index (χ2n) is 4.78. The fraction of sp³-hybridized carbons (Fsp3) is 0.462. The molecular weight excluding hydrogens is 396 g/mol. The zero-order chi connectivity index (χ0) is 21.9. The molecule has 0 saturated carbocycles. The number of carbonyl (C=O) groups is 7. The lowest BCUT2D eigenvalue weighted by atomic mass is 10.2. The van der Waals surface area contributed by atoms with Crippen LogP contribution in [0.4, 0.5) is 0 Å². The molecule has 0 amide bonds. The third-order valence-electron chi connectivity index (χ3n) is 2.51. The van der Waals surface area contributed by atoms with Crippen molar-refractivity contribution in [1.82, 2.24) is 0 Å². The summed E-state index contributed by atoms with van der Waals surface area (Å²) in [6, 6.07) is 0. The van der Waals surface area contributed by atoms with Gasteiger partial charge in [-0.2, -0.15) is 0 Å². The van der Waals surface area contributed by atoms with Gasteiger partial charge in [0.2, 0.25) is 5.78 Å². The molecule has 0 aliphatic carbocycles. The first-order valence-corrected chi connectivity index (χ1v) is 7.10. The number of hydrogen-bond acceptors (Lipinski definition) is 13. The second kappa shape index (κ2) is 11.9. The van der Waals surface area contributed by atoms with Crippen molar-refractivity contribution in [2.24, 2.45) is 0 Å². The summed E-state index contributed by atoms with van der Waals surface area (Å²) >= 11 is 0. The van der Waals surface area contributed by atoms with E-state index in [9.17, 15) is 33.6 Å². The highest BCUT2D eigenvalue weighted by molar-refractivity contribution is 6.33. The zero-order valence-electron chi connectivity index (χ0n) is 13.8. The minimum absolute atomic E-state index is 0.797. The largest absolute Gasteiger partial charge is 0.479 e. The molecule has 156 valence electrons. The smallest absolute Gasteiger partial charge is 0.421 e. The molecule has 0 fully saturated rings. The molecule has 28 heavy (non-hydrogen) atoms. The van der Waals surface area contributed by atoms with Gasteiger partial charge >= 0.3 is 35.8 Å². The summed E-state index contributed by atoms with van der Waals surface area (Å²) in [5, 5.41) is 34.4. The van der Waals surface area contributed by atoms with Crippen LogP contribution < -0.4 is 0 Å². The number of hydrogen-bond donors (Lipinski definition) is 4.